The monoisotopic (exact) mass is 366 g/mol. The van der Waals surface area contributed by atoms with Crippen molar-refractivity contribution in [1.29, 1.82) is 0 Å². The molecule has 1 atom stereocenters. The number of hydrogen-bond acceptors (Lipinski definition) is 2. The van der Waals surface area contributed by atoms with Crippen LogP contribution in [0.3, 0.4) is 0 Å². The van der Waals surface area contributed by atoms with Gasteiger partial charge < -0.3 is 10.6 Å². The second-order valence-corrected chi connectivity index (χ2v) is 6.10. The van der Waals surface area contributed by atoms with Crippen molar-refractivity contribution in [2.75, 3.05) is 11.9 Å². The lowest BCUT2D eigenvalue weighted by molar-refractivity contribution is 0.585. The summed E-state index contributed by atoms with van der Waals surface area (Å²) >= 11 is 8.60. The highest BCUT2D eigenvalue weighted by Crippen LogP contribution is 2.32. The van der Waals surface area contributed by atoms with Crippen molar-refractivity contribution >= 4 is 38.8 Å². The molecular weight excluding hydrogens is 351 g/mol. The fourth-order valence-electron chi connectivity index (χ4n) is 2.28. The van der Waals surface area contributed by atoms with Crippen LogP contribution < -0.4 is 10.6 Å². The Morgan fingerprint density at radius 1 is 1.24 bits per heavy atom. The van der Waals surface area contributed by atoms with Gasteiger partial charge >= 0.3 is 0 Å². The predicted octanol–water partition coefficient (Wildman–Crippen LogP) is 4.42. The Kier molecular flexibility index (Phi) is 4.96. The molecule has 0 spiro atoms. The first-order chi connectivity index (χ1) is 9.93. The minimum absolute atomic E-state index is 0.145. The van der Waals surface area contributed by atoms with E-state index in [-0.39, 0.29) is 11.9 Å². The van der Waals surface area contributed by atoms with Gasteiger partial charge in [-0.3, -0.25) is 0 Å². The first-order valence-electron chi connectivity index (χ1n) is 6.49. The molecule has 2 aromatic carbocycles. The van der Waals surface area contributed by atoms with Crippen LogP contribution in [-0.4, -0.2) is 12.0 Å². The maximum atomic E-state index is 14.0. The summed E-state index contributed by atoms with van der Waals surface area (Å²) in [5.74, 6) is -0.219. The highest BCUT2D eigenvalue weighted by molar-refractivity contribution is 9.10. The van der Waals surface area contributed by atoms with Gasteiger partial charge in [0.25, 0.3) is 0 Å². The number of benzene rings is 2. The van der Waals surface area contributed by atoms with Crippen molar-refractivity contribution < 1.29 is 4.39 Å². The highest BCUT2D eigenvalue weighted by Gasteiger charge is 2.20. The second kappa shape index (κ2) is 6.54. The topological polar surface area (TPSA) is 29.3 Å². The van der Waals surface area contributed by atoms with Crippen LogP contribution in [0.4, 0.5) is 10.1 Å². The molecule has 110 valence electrons. The number of halogens is 2. The van der Waals surface area contributed by atoms with Crippen LogP contribution in [0, 0.1) is 5.82 Å². The van der Waals surface area contributed by atoms with Gasteiger partial charge in [-0.2, -0.15) is 0 Å². The molecule has 2 rings (SSSR count). The average molecular weight is 367 g/mol. The Morgan fingerprint density at radius 2 is 1.90 bits per heavy atom. The summed E-state index contributed by atoms with van der Waals surface area (Å²) in [5, 5.41) is 0. The zero-order valence-electron chi connectivity index (χ0n) is 11.8. The Hall–Kier alpha value is -1.46. The fourth-order valence-corrected chi connectivity index (χ4v) is 3.20. The summed E-state index contributed by atoms with van der Waals surface area (Å²) in [6, 6.07) is 12.4. The van der Waals surface area contributed by atoms with Crippen LogP contribution in [0.2, 0.25) is 0 Å². The van der Waals surface area contributed by atoms with Gasteiger partial charge in [-0.05, 0) is 41.1 Å². The summed E-state index contributed by atoms with van der Waals surface area (Å²) < 4.78 is 14.8. The zero-order valence-corrected chi connectivity index (χ0v) is 14.2. The van der Waals surface area contributed by atoms with E-state index in [1.54, 1.807) is 12.1 Å². The van der Waals surface area contributed by atoms with Gasteiger partial charge in [-0.15, -0.1) is 0 Å². The molecule has 0 aliphatic heterocycles. The molecule has 21 heavy (non-hydrogen) atoms. The van der Waals surface area contributed by atoms with Crippen molar-refractivity contribution in [3.63, 3.8) is 0 Å². The molecule has 2 nitrogen and oxygen atoms in total. The Morgan fingerprint density at radius 3 is 2.52 bits per heavy atom. The van der Waals surface area contributed by atoms with Crippen LogP contribution in [-0.2, 0) is 0 Å². The van der Waals surface area contributed by atoms with Gasteiger partial charge in [-0.25, -0.2) is 4.39 Å². The van der Waals surface area contributed by atoms with E-state index in [0.717, 1.165) is 15.7 Å². The number of hydrogen-bond donors (Lipinski definition) is 1. The van der Waals surface area contributed by atoms with Crippen LogP contribution in [0.1, 0.15) is 24.1 Å². The molecule has 1 unspecified atom stereocenters. The lowest BCUT2D eigenvalue weighted by Gasteiger charge is -2.29. The Balaban J connectivity index is 2.46. The SMILES string of the molecule is CC(c1ccccc1F)N(C)c1cccc(Br)c1C(N)=S. The molecule has 0 fully saturated rings. The number of anilines is 1. The summed E-state index contributed by atoms with van der Waals surface area (Å²) in [5.41, 5.74) is 8.09. The minimum Gasteiger partial charge on any atom is -0.389 e. The third kappa shape index (κ3) is 3.24. The Bertz CT molecular complexity index is 675. The van der Waals surface area contributed by atoms with E-state index in [4.69, 9.17) is 18.0 Å². The van der Waals surface area contributed by atoms with Gasteiger partial charge in [0.2, 0.25) is 0 Å². The summed E-state index contributed by atoms with van der Waals surface area (Å²) in [6.45, 7) is 1.95. The minimum atomic E-state index is -0.219. The average Bonchev–Trinajstić information content (AvgIpc) is 2.45. The number of rotatable bonds is 4. The van der Waals surface area contributed by atoms with E-state index < -0.39 is 0 Å². The van der Waals surface area contributed by atoms with Crippen LogP contribution in [0.15, 0.2) is 46.9 Å². The molecule has 2 N–H and O–H groups in total. The summed E-state index contributed by atoms with van der Waals surface area (Å²) in [7, 11) is 1.90. The summed E-state index contributed by atoms with van der Waals surface area (Å²) in [4.78, 5) is 2.28. The molecule has 2 aromatic rings. The van der Waals surface area contributed by atoms with Crippen LogP contribution in [0.5, 0.6) is 0 Å². The quantitative estimate of drug-likeness (QED) is 0.812. The maximum Gasteiger partial charge on any atom is 0.128 e. The number of thiocarbonyl (C=S) groups is 1. The normalized spacial score (nSPS) is 12.0. The van der Waals surface area contributed by atoms with E-state index in [1.807, 2.05) is 43.1 Å². The van der Waals surface area contributed by atoms with Gasteiger partial charge in [0, 0.05) is 28.3 Å². The van der Waals surface area contributed by atoms with Crippen molar-refractivity contribution in [1.82, 2.24) is 0 Å². The lowest BCUT2D eigenvalue weighted by Crippen LogP contribution is -2.26. The van der Waals surface area contributed by atoms with Crippen molar-refractivity contribution in [3.05, 3.63) is 63.9 Å². The van der Waals surface area contributed by atoms with Gasteiger partial charge in [0.15, 0.2) is 0 Å². The standard InChI is InChI=1S/C16H16BrFN2S/c1-10(11-6-3-4-8-13(11)18)20(2)14-9-5-7-12(17)15(14)16(19)21/h3-10H,1-2H3,(H2,19,21). The molecule has 0 saturated heterocycles. The van der Waals surface area contributed by atoms with Gasteiger partial charge in [0.1, 0.15) is 10.8 Å². The molecule has 0 aromatic heterocycles. The molecule has 0 heterocycles. The van der Waals surface area contributed by atoms with Gasteiger partial charge in [-0.1, -0.05) is 36.5 Å². The van der Waals surface area contributed by atoms with Crippen molar-refractivity contribution in [2.24, 2.45) is 5.73 Å². The molecule has 0 bridgehead atoms. The molecule has 0 radical (unpaired) electrons. The summed E-state index contributed by atoms with van der Waals surface area (Å²) in [6.07, 6.45) is 0. The van der Waals surface area contributed by atoms with E-state index in [2.05, 4.69) is 15.9 Å². The molecule has 0 saturated carbocycles. The maximum absolute atomic E-state index is 14.0. The number of nitrogens with zero attached hydrogens (tertiary/aromatic N) is 1. The molecule has 0 aliphatic carbocycles. The van der Waals surface area contributed by atoms with Crippen molar-refractivity contribution in [3.8, 4) is 0 Å². The fraction of sp³-hybridized carbons (Fsp3) is 0.188. The first-order valence-corrected chi connectivity index (χ1v) is 7.69. The van der Waals surface area contributed by atoms with E-state index in [1.165, 1.54) is 6.07 Å². The zero-order chi connectivity index (χ0) is 15.6. The van der Waals surface area contributed by atoms with Gasteiger partial charge in [0.05, 0.1) is 6.04 Å². The van der Waals surface area contributed by atoms with E-state index in [9.17, 15) is 4.39 Å². The molecule has 0 amide bonds. The predicted molar refractivity (Wildman–Crippen MR) is 93.2 cm³/mol. The molecule has 0 aliphatic rings. The smallest absolute Gasteiger partial charge is 0.128 e. The van der Waals surface area contributed by atoms with Crippen LogP contribution in [0.25, 0.3) is 0 Å². The largest absolute Gasteiger partial charge is 0.389 e. The second-order valence-electron chi connectivity index (χ2n) is 4.81. The Labute approximate surface area is 137 Å². The molecular formula is C16H16BrFN2S. The van der Waals surface area contributed by atoms with Crippen LogP contribution >= 0.6 is 28.1 Å². The third-order valence-electron chi connectivity index (χ3n) is 3.55. The number of nitrogens with two attached hydrogens (primary N) is 1. The first kappa shape index (κ1) is 15.9. The lowest BCUT2D eigenvalue weighted by atomic mass is 10.0. The third-order valence-corrected chi connectivity index (χ3v) is 4.42. The highest BCUT2D eigenvalue weighted by atomic mass is 79.9. The van der Waals surface area contributed by atoms with Crippen molar-refractivity contribution in [2.45, 2.75) is 13.0 Å². The van der Waals surface area contributed by atoms with E-state index >= 15 is 0 Å². The molecule has 5 heteroatoms. The van der Waals surface area contributed by atoms with E-state index in [0.29, 0.717) is 10.6 Å².